The van der Waals surface area contributed by atoms with Crippen molar-refractivity contribution < 1.29 is 24.1 Å². The van der Waals surface area contributed by atoms with E-state index >= 15 is 0 Å². The molecule has 4 atom stereocenters. The van der Waals surface area contributed by atoms with Gasteiger partial charge in [0, 0.05) is 18.3 Å². The Kier molecular flexibility index (Phi) is 6.37. The van der Waals surface area contributed by atoms with Crippen LogP contribution in [0.5, 0.6) is 0 Å². The molecule has 1 N–H and O–H groups in total. The maximum atomic E-state index is 10.9. The van der Waals surface area contributed by atoms with Crippen molar-refractivity contribution in [2.24, 2.45) is 5.11 Å². The number of esters is 1. The second kappa shape index (κ2) is 8.50. The Hall–Kier alpha value is -2.12. The van der Waals surface area contributed by atoms with Crippen molar-refractivity contribution >= 4 is 5.97 Å². The maximum Gasteiger partial charge on any atom is 0.302 e. The first-order chi connectivity index (χ1) is 11.1. The Balaban J connectivity index is 2.00. The summed E-state index contributed by atoms with van der Waals surface area (Å²) in [6, 6.07) is 8.66. The highest BCUT2D eigenvalue weighted by Gasteiger charge is 2.38. The van der Waals surface area contributed by atoms with Crippen molar-refractivity contribution in [3.8, 4) is 0 Å². The fourth-order valence-corrected chi connectivity index (χ4v) is 2.37. The second-order valence-electron chi connectivity index (χ2n) is 5.22. The summed E-state index contributed by atoms with van der Waals surface area (Å²) in [5.41, 5.74) is 9.61. The highest BCUT2D eigenvalue weighted by Crippen LogP contribution is 2.25. The summed E-state index contributed by atoms with van der Waals surface area (Å²) in [6.45, 7) is 1.63. The summed E-state index contributed by atoms with van der Waals surface area (Å²) in [5, 5.41) is 13.6. The first-order valence-corrected chi connectivity index (χ1v) is 7.26. The van der Waals surface area contributed by atoms with Gasteiger partial charge >= 0.3 is 5.97 Å². The highest BCUT2D eigenvalue weighted by atomic mass is 16.6. The molecule has 2 unspecified atom stereocenters. The number of aliphatic hydroxyl groups excluding tert-OH is 1. The number of benzene rings is 1. The molecule has 1 fully saturated rings. The number of nitrogens with zero attached hydrogens (tertiary/aromatic N) is 3. The van der Waals surface area contributed by atoms with Crippen molar-refractivity contribution in [2.45, 2.75) is 44.5 Å². The van der Waals surface area contributed by atoms with Gasteiger partial charge in [0.15, 0.2) is 6.29 Å². The predicted octanol–water partition coefficient (Wildman–Crippen LogP) is 1.92. The van der Waals surface area contributed by atoms with Crippen LogP contribution in [0.15, 0.2) is 35.4 Å². The lowest BCUT2D eigenvalue weighted by Gasteiger charge is -2.37. The molecule has 23 heavy (non-hydrogen) atoms. The van der Waals surface area contributed by atoms with Crippen LogP contribution >= 0.6 is 0 Å². The first kappa shape index (κ1) is 17.2. The fourth-order valence-electron chi connectivity index (χ4n) is 2.37. The maximum absolute atomic E-state index is 10.9. The minimum atomic E-state index is -1.30. The van der Waals surface area contributed by atoms with Crippen molar-refractivity contribution in [3.05, 3.63) is 46.3 Å². The van der Waals surface area contributed by atoms with E-state index in [2.05, 4.69) is 10.0 Å². The zero-order valence-electron chi connectivity index (χ0n) is 12.7. The van der Waals surface area contributed by atoms with Crippen LogP contribution < -0.4 is 0 Å². The Labute approximate surface area is 133 Å². The average molecular weight is 321 g/mol. The quantitative estimate of drug-likeness (QED) is 0.372. The van der Waals surface area contributed by atoms with Gasteiger partial charge in [0.25, 0.3) is 0 Å². The number of aliphatic hydroxyl groups is 1. The SMILES string of the molecule is CC(=O)OCC1C[C@@H](OCc2ccccc2)C(N=[N+]=[N-])[C@H](O)O1. The Morgan fingerprint density at radius 3 is 2.87 bits per heavy atom. The smallest absolute Gasteiger partial charge is 0.302 e. The van der Waals surface area contributed by atoms with Gasteiger partial charge in [-0.25, -0.2) is 0 Å². The average Bonchev–Trinajstić information content (AvgIpc) is 2.54. The molecule has 1 saturated heterocycles. The van der Waals surface area contributed by atoms with Gasteiger partial charge in [0.05, 0.1) is 18.8 Å². The number of hydrogen-bond donors (Lipinski definition) is 1. The van der Waals surface area contributed by atoms with Crippen molar-refractivity contribution in [2.75, 3.05) is 6.61 Å². The third-order valence-corrected chi connectivity index (χ3v) is 3.46. The second-order valence-corrected chi connectivity index (χ2v) is 5.22. The Morgan fingerprint density at radius 2 is 2.22 bits per heavy atom. The standard InChI is InChI=1S/C15H19N3O5/c1-10(19)21-9-12-7-13(14(17-18-16)15(20)23-12)22-8-11-5-3-2-4-6-11/h2-6,12-15,20H,7-9H2,1H3/t12?,13-,14?,15-/m1/s1. The first-order valence-electron chi connectivity index (χ1n) is 7.26. The lowest BCUT2D eigenvalue weighted by Crippen LogP contribution is -2.49. The zero-order chi connectivity index (χ0) is 16.7. The lowest BCUT2D eigenvalue weighted by atomic mass is 10.0. The molecule has 1 aliphatic rings. The van der Waals surface area contributed by atoms with Crippen molar-refractivity contribution in [1.29, 1.82) is 0 Å². The highest BCUT2D eigenvalue weighted by molar-refractivity contribution is 5.65. The number of hydrogen-bond acceptors (Lipinski definition) is 6. The normalized spacial score (nSPS) is 27.0. The van der Waals surface area contributed by atoms with Gasteiger partial charge in [-0.3, -0.25) is 4.79 Å². The van der Waals surface area contributed by atoms with Gasteiger partial charge in [-0.05, 0) is 11.1 Å². The van der Waals surface area contributed by atoms with Gasteiger partial charge < -0.3 is 19.3 Å². The number of rotatable bonds is 6. The van der Waals surface area contributed by atoms with Crippen molar-refractivity contribution in [1.82, 2.24) is 0 Å². The minimum absolute atomic E-state index is 0.0145. The van der Waals surface area contributed by atoms with E-state index in [9.17, 15) is 9.90 Å². The summed E-state index contributed by atoms with van der Waals surface area (Å²) < 4.78 is 16.0. The molecule has 0 saturated carbocycles. The van der Waals surface area contributed by atoms with Crippen LogP contribution in [0.1, 0.15) is 18.9 Å². The topological polar surface area (TPSA) is 114 Å². The molecule has 2 rings (SSSR count). The van der Waals surface area contributed by atoms with E-state index in [4.69, 9.17) is 19.7 Å². The molecule has 1 aliphatic heterocycles. The molecular formula is C15H19N3O5. The van der Waals surface area contributed by atoms with Crippen LogP contribution in [-0.4, -0.2) is 42.2 Å². The third-order valence-electron chi connectivity index (χ3n) is 3.46. The van der Waals surface area contributed by atoms with Gasteiger partial charge in [-0.2, -0.15) is 0 Å². The molecule has 0 bridgehead atoms. The van der Waals surface area contributed by atoms with E-state index in [0.29, 0.717) is 13.0 Å². The van der Waals surface area contributed by atoms with E-state index < -0.39 is 30.5 Å². The van der Waals surface area contributed by atoms with E-state index in [1.165, 1.54) is 6.92 Å². The van der Waals surface area contributed by atoms with Gasteiger partial charge in [-0.15, -0.1) is 0 Å². The van der Waals surface area contributed by atoms with Crippen LogP contribution in [0.2, 0.25) is 0 Å². The van der Waals surface area contributed by atoms with Gasteiger partial charge in [0.1, 0.15) is 12.6 Å². The molecular weight excluding hydrogens is 302 g/mol. The number of ether oxygens (including phenoxy) is 3. The molecule has 1 aromatic rings. The molecule has 0 aliphatic carbocycles. The van der Waals surface area contributed by atoms with E-state index in [-0.39, 0.29) is 6.61 Å². The molecule has 8 heteroatoms. The predicted molar refractivity (Wildman–Crippen MR) is 80.1 cm³/mol. The number of carbonyl (C=O) groups excluding carboxylic acids is 1. The largest absolute Gasteiger partial charge is 0.463 e. The molecule has 1 heterocycles. The molecule has 0 spiro atoms. The minimum Gasteiger partial charge on any atom is -0.463 e. The number of carbonyl (C=O) groups is 1. The van der Waals surface area contributed by atoms with E-state index in [1.807, 2.05) is 30.3 Å². The molecule has 0 amide bonds. The van der Waals surface area contributed by atoms with Crippen LogP contribution in [0.3, 0.4) is 0 Å². The fraction of sp³-hybridized carbons (Fsp3) is 0.533. The van der Waals surface area contributed by atoms with Crippen LogP contribution in [0, 0.1) is 0 Å². The zero-order valence-corrected chi connectivity index (χ0v) is 12.7. The molecule has 8 nitrogen and oxygen atoms in total. The van der Waals surface area contributed by atoms with Crippen LogP contribution in [0.25, 0.3) is 10.4 Å². The summed E-state index contributed by atoms with van der Waals surface area (Å²) in [7, 11) is 0. The van der Waals surface area contributed by atoms with E-state index in [1.54, 1.807) is 0 Å². The number of azide groups is 1. The molecule has 1 aromatic carbocycles. The molecule has 0 aromatic heterocycles. The van der Waals surface area contributed by atoms with Crippen molar-refractivity contribution in [3.63, 3.8) is 0 Å². The van der Waals surface area contributed by atoms with Crippen LogP contribution in [0.4, 0.5) is 0 Å². The monoisotopic (exact) mass is 321 g/mol. The lowest BCUT2D eigenvalue weighted by molar-refractivity contribution is -0.220. The molecule has 0 radical (unpaired) electrons. The summed E-state index contributed by atoms with van der Waals surface area (Å²) in [5.74, 6) is -0.429. The molecule has 124 valence electrons. The summed E-state index contributed by atoms with van der Waals surface area (Å²) in [6.07, 6.45) is -2.00. The third kappa shape index (κ3) is 5.22. The van der Waals surface area contributed by atoms with E-state index in [0.717, 1.165) is 5.56 Å². The van der Waals surface area contributed by atoms with Gasteiger partial charge in [0.2, 0.25) is 0 Å². The van der Waals surface area contributed by atoms with Gasteiger partial charge in [-0.1, -0.05) is 35.4 Å². The Morgan fingerprint density at radius 1 is 1.48 bits per heavy atom. The Bertz CT molecular complexity index is 561. The summed E-state index contributed by atoms with van der Waals surface area (Å²) >= 11 is 0. The van der Waals surface area contributed by atoms with Crippen LogP contribution in [-0.2, 0) is 25.6 Å². The summed E-state index contributed by atoms with van der Waals surface area (Å²) in [4.78, 5) is 13.6.